The summed E-state index contributed by atoms with van der Waals surface area (Å²) in [7, 11) is 0. The number of nitrogens with one attached hydrogen (secondary N) is 2. The number of ether oxygens (including phenoxy) is 1. The number of carbonyl (C=O) groups excluding carboxylic acids is 2. The number of likely N-dealkylation sites (tertiary alicyclic amines) is 1. The maximum Gasteiger partial charge on any atom is 0.331 e. The lowest BCUT2D eigenvalue weighted by atomic mass is 9.97. The lowest BCUT2D eigenvalue weighted by Gasteiger charge is -2.42. The fourth-order valence-corrected chi connectivity index (χ4v) is 3.63. The Balaban J connectivity index is 1.57. The smallest absolute Gasteiger partial charge is 0.331 e. The predicted octanol–water partition coefficient (Wildman–Crippen LogP) is -0.254. The molecular formula is C23H26N4O9. The number of rotatable bonds is 12. The van der Waals surface area contributed by atoms with Crippen molar-refractivity contribution < 1.29 is 44.4 Å². The molecule has 36 heavy (non-hydrogen) atoms. The molecule has 1 heterocycles. The van der Waals surface area contributed by atoms with Gasteiger partial charge in [0.05, 0.1) is 13.2 Å². The lowest BCUT2D eigenvalue weighted by Crippen LogP contribution is -2.66. The van der Waals surface area contributed by atoms with Gasteiger partial charge in [0, 0.05) is 6.42 Å². The summed E-state index contributed by atoms with van der Waals surface area (Å²) >= 11 is 0. The van der Waals surface area contributed by atoms with Gasteiger partial charge >= 0.3 is 11.9 Å². The molecule has 1 aliphatic heterocycles. The van der Waals surface area contributed by atoms with E-state index in [1.54, 1.807) is 0 Å². The molecule has 0 aromatic heterocycles. The zero-order valence-electron chi connectivity index (χ0n) is 18.9. The molecular weight excluding hydrogens is 476 g/mol. The SMILES string of the molecule is N[C@H](CCOc1ccc([C@@H](NO)C(=O)N[C@H]2CN([C@@H](C(=O)O)c3ccc(O)cc3)C2=O)cc1)C(=O)O. The van der Waals surface area contributed by atoms with E-state index in [1.807, 2.05) is 5.48 Å². The highest BCUT2D eigenvalue weighted by Gasteiger charge is 2.45. The number of nitrogens with two attached hydrogens (primary N) is 1. The third-order valence-electron chi connectivity index (χ3n) is 5.65. The van der Waals surface area contributed by atoms with Crippen LogP contribution in [0.15, 0.2) is 48.5 Å². The Hall–Kier alpha value is -4.20. The number of hydrogen-bond donors (Lipinski definition) is 7. The van der Waals surface area contributed by atoms with Crippen LogP contribution in [0.5, 0.6) is 11.5 Å². The van der Waals surface area contributed by atoms with Crippen molar-refractivity contribution in [3.8, 4) is 11.5 Å². The van der Waals surface area contributed by atoms with E-state index in [0.717, 1.165) is 4.90 Å². The second kappa shape index (κ2) is 11.5. The van der Waals surface area contributed by atoms with Crippen molar-refractivity contribution in [2.24, 2.45) is 5.73 Å². The molecule has 13 nitrogen and oxygen atoms in total. The molecule has 0 bridgehead atoms. The van der Waals surface area contributed by atoms with E-state index in [1.165, 1.54) is 48.5 Å². The molecule has 0 spiro atoms. The van der Waals surface area contributed by atoms with Gasteiger partial charge < -0.3 is 41.2 Å². The van der Waals surface area contributed by atoms with E-state index in [2.05, 4.69) is 5.32 Å². The van der Waals surface area contributed by atoms with E-state index in [0.29, 0.717) is 16.9 Å². The van der Waals surface area contributed by atoms with Gasteiger partial charge in [-0.05, 0) is 35.4 Å². The molecule has 0 unspecified atom stereocenters. The number of carboxylic acids is 2. The van der Waals surface area contributed by atoms with Crippen molar-refractivity contribution in [3.05, 3.63) is 59.7 Å². The van der Waals surface area contributed by atoms with Crippen LogP contribution in [0.25, 0.3) is 0 Å². The van der Waals surface area contributed by atoms with Gasteiger partial charge in [-0.1, -0.05) is 24.3 Å². The zero-order valence-corrected chi connectivity index (χ0v) is 18.9. The van der Waals surface area contributed by atoms with Crippen LogP contribution >= 0.6 is 0 Å². The number of carbonyl (C=O) groups is 4. The fraction of sp³-hybridized carbons (Fsp3) is 0.304. The highest BCUT2D eigenvalue weighted by Crippen LogP contribution is 2.29. The number of amides is 2. The summed E-state index contributed by atoms with van der Waals surface area (Å²) in [4.78, 5) is 48.9. The number of benzene rings is 2. The van der Waals surface area contributed by atoms with E-state index in [9.17, 15) is 34.6 Å². The summed E-state index contributed by atoms with van der Waals surface area (Å²) in [5, 5.41) is 39.8. The maximum absolute atomic E-state index is 12.7. The van der Waals surface area contributed by atoms with Gasteiger partial charge in [-0.2, -0.15) is 5.48 Å². The largest absolute Gasteiger partial charge is 0.508 e. The molecule has 4 atom stereocenters. The fourth-order valence-electron chi connectivity index (χ4n) is 3.63. The molecule has 0 saturated carbocycles. The standard InChI is InChI=1S/C23H26N4O9/c24-16(22(31)32)9-10-36-15-7-3-12(4-8-15)18(26-35)20(29)25-17-11-27(21(17)30)19(23(33)34)13-1-5-14(28)6-2-13/h1-8,16-19,26,28,35H,9-11,24H2,(H,25,29)(H,31,32)(H,33,34)/t16-,17+,18-,19-/m1/s1. The van der Waals surface area contributed by atoms with E-state index in [-0.39, 0.29) is 25.3 Å². The normalized spacial score (nSPS) is 17.4. The molecule has 1 aliphatic rings. The third kappa shape index (κ3) is 6.07. The first kappa shape index (κ1) is 26.4. The van der Waals surface area contributed by atoms with Gasteiger partial charge in [0.25, 0.3) is 0 Å². The molecule has 2 amide bonds. The van der Waals surface area contributed by atoms with Gasteiger partial charge in [-0.3, -0.25) is 14.4 Å². The molecule has 13 heteroatoms. The minimum absolute atomic E-state index is 0.0486. The van der Waals surface area contributed by atoms with Crippen LogP contribution in [0.4, 0.5) is 0 Å². The van der Waals surface area contributed by atoms with E-state index < -0.39 is 47.9 Å². The highest BCUT2D eigenvalue weighted by atomic mass is 16.5. The summed E-state index contributed by atoms with van der Waals surface area (Å²) in [5.74, 6) is -3.37. The second-order valence-corrected chi connectivity index (χ2v) is 8.10. The van der Waals surface area contributed by atoms with Crippen molar-refractivity contribution in [3.63, 3.8) is 0 Å². The summed E-state index contributed by atoms with van der Waals surface area (Å²) in [6.07, 6.45) is 0.0994. The van der Waals surface area contributed by atoms with E-state index in [4.69, 9.17) is 15.6 Å². The molecule has 2 aromatic carbocycles. The number of β-lactam (4-membered cyclic amide) rings is 1. The van der Waals surface area contributed by atoms with Crippen molar-refractivity contribution in [1.29, 1.82) is 0 Å². The Morgan fingerprint density at radius 3 is 2.17 bits per heavy atom. The van der Waals surface area contributed by atoms with Gasteiger partial charge in [0.15, 0.2) is 6.04 Å². The number of phenolic OH excluding ortho intramolecular Hbond substituents is 1. The lowest BCUT2D eigenvalue weighted by molar-refractivity contribution is -0.160. The highest BCUT2D eigenvalue weighted by molar-refractivity contribution is 5.96. The summed E-state index contributed by atoms with van der Waals surface area (Å²) < 4.78 is 5.42. The number of aliphatic carboxylic acids is 2. The molecule has 2 aromatic rings. The zero-order chi connectivity index (χ0) is 26.4. The Morgan fingerprint density at radius 2 is 1.64 bits per heavy atom. The van der Waals surface area contributed by atoms with Gasteiger partial charge in [0.1, 0.15) is 29.6 Å². The maximum atomic E-state index is 12.7. The number of phenols is 1. The first-order chi connectivity index (χ1) is 17.1. The number of hydroxylamine groups is 1. The van der Waals surface area contributed by atoms with E-state index >= 15 is 0 Å². The average molecular weight is 502 g/mol. The summed E-state index contributed by atoms with van der Waals surface area (Å²) in [6, 6.07) is 6.92. The van der Waals surface area contributed by atoms with Gasteiger partial charge in [-0.15, -0.1) is 0 Å². The Kier molecular flexibility index (Phi) is 8.42. The molecule has 0 radical (unpaired) electrons. The Morgan fingerprint density at radius 1 is 1.03 bits per heavy atom. The molecule has 192 valence electrons. The number of nitrogens with zero attached hydrogens (tertiary/aromatic N) is 1. The Labute approximate surface area is 205 Å². The number of carboxylic acid groups (broad SMARTS) is 2. The minimum Gasteiger partial charge on any atom is -0.508 e. The second-order valence-electron chi connectivity index (χ2n) is 8.10. The van der Waals surface area contributed by atoms with Crippen LogP contribution in [0.1, 0.15) is 29.6 Å². The summed E-state index contributed by atoms with van der Waals surface area (Å²) in [5.41, 5.74) is 7.93. The minimum atomic E-state index is -1.28. The Bertz CT molecular complexity index is 1110. The monoisotopic (exact) mass is 502 g/mol. The average Bonchev–Trinajstić information content (AvgIpc) is 2.85. The molecule has 3 rings (SSSR count). The van der Waals surface area contributed by atoms with Crippen LogP contribution in [0.2, 0.25) is 0 Å². The number of hydrogen-bond acceptors (Lipinski definition) is 9. The van der Waals surface area contributed by atoms with Gasteiger partial charge in [-0.25, -0.2) is 4.79 Å². The quantitative estimate of drug-likeness (QED) is 0.148. The summed E-state index contributed by atoms with van der Waals surface area (Å²) in [6.45, 7) is 0.00255. The predicted molar refractivity (Wildman–Crippen MR) is 122 cm³/mol. The number of aromatic hydroxyl groups is 1. The van der Waals surface area contributed by atoms with Crippen LogP contribution in [-0.4, -0.2) is 74.4 Å². The van der Waals surface area contributed by atoms with Crippen LogP contribution in [0, 0.1) is 0 Å². The van der Waals surface area contributed by atoms with Crippen molar-refractivity contribution >= 4 is 23.8 Å². The van der Waals surface area contributed by atoms with Crippen molar-refractivity contribution in [2.45, 2.75) is 30.6 Å². The van der Waals surface area contributed by atoms with Gasteiger partial charge in [0.2, 0.25) is 11.8 Å². The first-order valence-electron chi connectivity index (χ1n) is 10.9. The molecule has 1 saturated heterocycles. The first-order valence-corrected chi connectivity index (χ1v) is 10.9. The third-order valence-corrected chi connectivity index (χ3v) is 5.65. The van der Waals surface area contributed by atoms with Crippen LogP contribution in [-0.2, 0) is 19.2 Å². The molecule has 0 aliphatic carbocycles. The molecule has 8 N–H and O–H groups in total. The molecule has 1 fully saturated rings. The van der Waals surface area contributed by atoms with Crippen molar-refractivity contribution in [2.75, 3.05) is 13.2 Å². The topological polar surface area (TPSA) is 212 Å². The van der Waals surface area contributed by atoms with Crippen LogP contribution < -0.4 is 21.3 Å². The van der Waals surface area contributed by atoms with Crippen LogP contribution in [0.3, 0.4) is 0 Å². The van der Waals surface area contributed by atoms with Crippen molar-refractivity contribution in [1.82, 2.24) is 15.7 Å².